The Labute approximate surface area is 182 Å². The lowest BCUT2D eigenvalue weighted by Gasteiger charge is -2.44. The van der Waals surface area contributed by atoms with Gasteiger partial charge in [0, 0.05) is 6.42 Å². The van der Waals surface area contributed by atoms with E-state index in [1.807, 2.05) is 0 Å². The quantitative estimate of drug-likeness (QED) is 0.551. The number of aliphatic hydroxyl groups excluding tert-OH is 3. The zero-order valence-corrected chi connectivity index (χ0v) is 18.8. The van der Waals surface area contributed by atoms with E-state index in [0.29, 0.717) is 41.9 Å². The normalized spacial score (nSPS) is 42.1. The van der Waals surface area contributed by atoms with E-state index in [1.54, 1.807) is 0 Å². The fourth-order valence-corrected chi connectivity index (χ4v) is 6.63. The van der Waals surface area contributed by atoms with Gasteiger partial charge in [0.2, 0.25) is 0 Å². The Balaban J connectivity index is 1.48. The summed E-state index contributed by atoms with van der Waals surface area (Å²) < 4.78 is 0. The van der Waals surface area contributed by atoms with E-state index in [-0.39, 0.29) is 6.10 Å². The third kappa shape index (κ3) is 4.40. The average Bonchev–Trinajstić information content (AvgIpc) is 3.49. The molecule has 0 aromatic heterocycles. The van der Waals surface area contributed by atoms with Crippen LogP contribution in [0.25, 0.3) is 0 Å². The maximum absolute atomic E-state index is 10.2. The SMILES string of the molecule is C=C1/C(=C/C=C2\CCC[C@]3(C)[C@@H]([C@H](C)/C=C/[C@@H](O)C4CC4)CC[C@@H]23)C[C@H](O)C[C@H]1O. The van der Waals surface area contributed by atoms with Crippen molar-refractivity contribution in [1.29, 1.82) is 0 Å². The van der Waals surface area contributed by atoms with Gasteiger partial charge in [-0.15, -0.1) is 0 Å². The zero-order chi connectivity index (χ0) is 21.5. The molecule has 3 N–H and O–H groups in total. The summed E-state index contributed by atoms with van der Waals surface area (Å²) in [6.07, 6.45) is 16.9. The van der Waals surface area contributed by atoms with Gasteiger partial charge in [-0.3, -0.25) is 0 Å². The van der Waals surface area contributed by atoms with Crippen LogP contribution in [0.15, 0.2) is 47.6 Å². The molecule has 4 aliphatic carbocycles. The molecular weight excluding hydrogens is 372 g/mol. The Hall–Kier alpha value is -1.16. The van der Waals surface area contributed by atoms with Gasteiger partial charge in [0.1, 0.15) is 0 Å². The maximum Gasteiger partial charge on any atom is 0.0811 e. The van der Waals surface area contributed by atoms with Crippen LogP contribution in [0.2, 0.25) is 0 Å². The lowest BCUT2D eigenvalue weighted by atomic mass is 9.61. The van der Waals surface area contributed by atoms with Crippen LogP contribution < -0.4 is 0 Å². The maximum atomic E-state index is 10.2. The molecule has 0 bridgehead atoms. The second-order valence-electron chi connectivity index (χ2n) is 10.7. The summed E-state index contributed by atoms with van der Waals surface area (Å²) in [5, 5.41) is 30.4. The molecule has 0 spiro atoms. The third-order valence-corrected chi connectivity index (χ3v) is 8.65. The van der Waals surface area contributed by atoms with Gasteiger partial charge in [-0.2, -0.15) is 0 Å². The lowest BCUT2D eigenvalue weighted by molar-refractivity contribution is 0.0862. The summed E-state index contributed by atoms with van der Waals surface area (Å²) in [7, 11) is 0. The number of aliphatic hydroxyl groups is 3. The van der Waals surface area contributed by atoms with Gasteiger partial charge in [0.05, 0.1) is 18.3 Å². The highest BCUT2D eigenvalue weighted by molar-refractivity contribution is 5.38. The fourth-order valence-electron chi connectivity index (χ4n) is 6.63. The largest absolute Gasteiger partial charge is 0.393 e. The summed E-state index contributed by atoms with van der Waals surface area (Å²) in [5.41, 5.74) is 3.63. The van der Waals surface area contributed by atoms with Gasteiger partial charge in [0.25, 0.3) is 0 Å². The smallest absolute Gasteiger partial charge is 0.0811 e. The minimum atomic E-state index is -0.621. The van der Waals surface area contributed by atoms with Crippen molar-refractivity contribution in [3.8, 4) is 0 Å². The summed E-state index contributed by atoms with van der Waals surface area (Å²) in [6, 6.07) is 0. The highest BCUT2D eigenvalue weighted by Gasteiger charge is 2.50. The van der Waals surface area contributed by atoms with E-state index in [0.717, 1.165) is 17.6 Å². The second kappa shape index (κ2) is 8.76. The molecule has 166 valence electrons. The third-order valence-electron chi connectivity index (χ3n) is 8.65. The molecule has 0 unspecified atom stereocenters. The van der Waals surface area contributed by atoms with Gasteiger partial charge < -0.3 is 15.3 Å². The van der Waals surface area contributed by atoms with Crippen molar-refractivity contribution in [1.82, 2.24) is 0 Å². The molecule has 0 aromatic rings. The van der Waals surface area contributed by atoms with E-state index < -0.39 is 12.2 Å². The number of fused-ring (bicyclic) bond motifs is 1. The van der Waals surface area contributed by atoms with Crippen molar-refractivity contribution >= 4 is 0 Å². The molecule has 4 saturated carbocycles. The topological polar surface area (TPSA) is 60.7 Å². The Bertz CT molecular complexity index is 743. The molecule has 0 aromatic carbocycles. The molecule has 0 aliphatic heterocycles. The van der Waals surface area contributed by atoms with Gasteiger partial charge >= 0.3 is 0 Å². The molecule has 0 heterocycles. The molecule has 0 saturated heterocycles. The van der Waals surface area contributed by atoms with Crippen molar-refractivity contribution in [2.45, 2.75) is 89.9 Å². The van der Waals surface area contributed by atoms with Gasteiger partial charge in [-0.25, -0.2) is 0 Å². The first kappa shape index (κ1) is 22.0. The molecular formula is C27H40O3. The second-order valence-corrected chi connectivity index (χ2v) is 10.7. The van der Waals surface area contributed by atoms with Crippen LogP contribution in [0.3, 0.4) is 0 Å². The number of allylic oxidation sites excluding steroid dienone is 4. The molecule has 3 heteroatoms. The summed E-state index contributed by atoms with van der Waals surface area (Å²) in [6.45, 7) is 8.88. The zero-order valence-electron chi connectivity index (χ0n) is 18.8. The Kier molecular flexibility index (Phi) is 6.44. The van der Waals surface area contributed by atoms with Crippen molar-refractivity contribution < 1.29 is 15.3 Å². The molecule has 0 radical (unpaired) electrons. The molecule has 30 heavy (non-hydrogen) atoms. The van der Waals surface area contributed by atoms with Crippen LogP contribution in [0.4, 0.5) is 0 Å². The van der Waals surface area contributed by atoms with Crippen LogP contribution in [-0.2, 0) is 0 Å². The highest BCUT2D eigenvalue weighted by Crippen LogP contribution is 2.59. The number of hydrogen-bond donors (Lipinski definition) is 3. The Morgan fingerprint density at radius 1 is 1.10 bits per heavy atom. The van der Waals surface area contributed by atoms with E-state index in [1.165, 1.54) is 44.1 Å². The number of rotatable bonds is 5. The minimum absolute atomic E-state index is 0.250. The molecule has 4 rings (SSSR count). The van der Waals surface area contributed by atoms with Gasteiger partial charge in [0.15, 0.2) is 0 Å². The lowest BCUT2D eigenvalue weighted by Crippen LogP contribution is -2.35. The standard InChI is InChI=1S/C27H40O3/c1-17(6-13-25(29)20-8-9-20)23-11-12-24-19(5-4-14-27(23,24)3)7-10-21-15-22(28)16-26(30)18(21)2/h6-7,10,13,17,20,22-26,28-30H,2,4-5,8-9,11-12,14-16H2,1,3H3/b13-6+,19-7+,21-10+/t17-,22+,23-,24+,25-,26-,27-/m1/s1. The predicted octanol–water partition coefficient (Wildman–Crippen LogP) is 5.09. The first-order valence-corrected chi connectivity index (χ1v) is 12.1. The van der Waals surface area contributed by atoms with Crippen molar-refractivity contribution in [2.24, 2.45) is 29.1 Å². The van der Waals surface area contributed by atoms with Crippen molar-refractivity contribution in [3.63, 3.8) is 0 Å². The number of hydrogen-bond acceptors (Lipinski definition) is 3. The van der Waals surface area contributed by atoms with Gasteiger partial charge in [-0.05, 0) is 91.6 Å². The minimum Gasteiger partial charge on any atom is -0.393 e. The molecule has 4 fully saturated rings. The van der Waals surface area contributed by atoms with E-state index in [4.69, 9.17) is 0 Å². The molecule has 7 atom stereocenters. The molecule has 4 aliphatic rings. The Morgan fingerprint density at radius 3 is 2.60 bits per heavy atom. The summed E-state index contributed by atoms with van der Waals surface area (Å²) >= 11 is 0. The average molecular weight is 413 g/mol. The van der Waals surface area contributed by atoms with Crippen LogP contribution in [0.5, 0.6) is 0 Å². The van der Waals surface area contributed by atoms with Crippen molar-refractivity contribution in [2.75, 3.05) is 0 Å². The van der Waals surface area contributed by atoms with Crippen LogP contribution in [-0.4, -0.2) is 33.6 Å². The van der Waals surface area contributed by atoms with E-state index in [2.05, 4.69) is 44.7 Å². The first-order valence-electron chi connectivity index (χ1n) is 12.1. The predicted molar refractivity (Wildman–Crippen MR) is 122 cm³/mol. The van der Waals surface area contributed by atoms with Crippen molar-refractivity contribution in [3.05, 3.63) is 47.6 Å². The van der Waals surface area contributed by atoms with Crippen LogP contribution in [0.1, 0.15) is 71.6 Å². The summed E-state index contributed by atoms with van der Waals surface area (Å²) in [4.78, 5) is 0. The van der Waals surface area contributed by atoms with E-state index in [9.17, 15) is 15.3 Å². The Morgan fingerprint density at radius 2 is 1.87 bits per heavy atom. The summed E-state index contributed by atoms with van der Waals surface area (Å²) in [5.74, 6) is 2.28. The van der Waals surface area contributed by atoms with Gasteiger partial charge in [-0.1, -0.05) is 50.3 Å². The van der Waals surface area contributed by atoms with Crippen LogP contribution >= 0.6 is 0 Å². The fraction of sp³-hybridized carbons (Fsp3) is 0.704. The van der Waals surface area contributed by atoms with Crippen LogP contribution in [0, 0.1) is 29.1 Å². The first-order chi connectivity index (χ1) is 14.3. The molecule has 3 nitrogen and oxygen atoms in total. The van der Waals surface area contributed by atoms with E-state index >= 15 is 0 Å². The monoisotopic (exact) mass is 412 g/mol. The highest BCUT2D eigenvalue weighted by atomic mass is 16.3. The molecule has 0 amide bonds.